The van der Waals surface area contributed by atoms with Crippen LogP contribution in [0.3, 0.4) is 0 Å². The van der Waals surface area contributed by atoms with Gasteiger partial charge in [-0.15, -0.1) is 0 Å². The molecule has 0 radical (unpaired) electrons. The topological polar surface area (TPSA) is 101 Å². The van der Waals surface area contributed by atoms with Gasteiger partial charge in [0, 0.05) is 24.7 Å². The van der Waals surface area contributed by atoms with E-state index in [4.69, 9.17) is 0 Å². The molecule has 1 N–H and O–H groups in total. The van der Waals surface area contributed by atoms with E-state index in [0.29, 0.717) is 25.4 Å². The predicted molar refractivity (Wildman–Crippen MR) is 98.1 cm³/mol. The number of sulfone groups is 1. The van der Waals surface area contributed by atoms with E-state index in [-0.39, 0.29) is 22.0 Å². The van der Waals surface area contributed by atoms with Crippen molar-refractivity contribution in [3.05, 3.63) is 29.8 Å². The van der Waals surface area contributed by atoms with Crippen molar-refractivity contribution in [2.45, 2.75) is 37.1 Å². The minimum absolute atomic E-state index is 0.0668. The highest BCUT2D eigenvalue weighted by molar-refractivity contribution is 7.91. The van der Waals surface area contributed by atoms with Crippen molar-refractivity contribution in [2.75, 3.05) is 24.6 Å². The Morgan fingerprint density at radius 1 is 1.19 bits per heavy atom. The number of hydrogen-bond acceptors (Lipinski definition) is 5. The lowest BCUT2D eigenvalue weighted by Crippen LogP contribution is -2.38. The maximum Gasteiger partial charge on any atom is 0.251 e. The Balaban J connectivity index is 1.74. The lowest BCUT2D eigenvalue weighted by Gasteiger charge is -2.29. The molecule has 144 valence electrons. The number of piperidine rings is 1. The lowest BCUT2D eigenvalue weighted by molar-refractivity contribution is 0.0941. The zero-order valence-electron chi connectivity index (χ0n) is 14.7. The molecule has 0 spiro atoms. The van der Waals surface area contributed by atoms with Crippen LogP contribution in [0.2, 0.25) is 0 Å². The van der Waals surface area contributed by atoms with Crippen molar-refractivity contribution in [3.8, 4) is 0 Å². The summed E-state index contributed by atoms with van der Waals surface area (Å²) in [4.78, 5) is 12.5. The van der Waals surface area contributed by atoms with Crippen LogP contribution in [0.15, 0.2) is 29.2 Å². The predicted octanol–water partition coefficient (Wildman–Crippen LogP) is 1.02. The molecule has 2 fully saturated rings. The molecular weight excluding hydrogens is 376 g/mol. The van der Waals surface area contributed by atoms with Crippen molar-refractivity contribution in [1.82, 2.24) is 9.62 Å². The number of sulfonamides is 1. The molecule has 2 aliphatic rings. The molecule has 2 aliphatic heterocycles. The average Bonchev–Trinajstić information content (AvgIpc) is 2.94. The Hall–Kier alpha value is -1.45. The van der Waals surface area contributed by atoms with Crippen molar-refractivity contribution in [3.63, 3.8) is 0 Å². The van der Waals surface area contributed by atoms with Gasteiger partial charge in [-0.25, -0.2) is 16.8 Å². The van der Waals surface area contributed by atoms with Gasteiger partial charge in [0.05, 0.1) is 16.4 Å². The molecular formula is C17H24N2O5S2. The zero-order chi connectivity index (χ0) is 18.9. The summed E-state index contributed by atoms with van der Waals surface area (Å²) in [5.41, 5.74) is 0.223. The number of nitrogens with one attached hydrogen (secondary N) is 1. The Morgan fingerprint density at radius 2 is 1.88 bits per heavy atom. The minimum atomic E-state index is -3.63. The highest BCUT2D eigenvalue weighted by atomic mass is 32.2. The SMILES string of the molecule is CC1CCN(S(=O)(=O)c2cccc(C(=O)N[C@H]3CCS(=O)(=O)C3)c2)CC1. The molecule has 7 nitrogen and oxygen atoms in total. The normalized spacial score (nSPS) is 24.4. The minimum Gasteiger partial charge on any atom is -0.348 e. The number of rotatable bonds is 4. The van der Waals surface area contributed by atoms with E-state index in [9.17, 15) is 21.6 Å². The smallest absolute Gasteiger partial charge is 0.251 e. The van der Waals surface area contributed by atoms with Crippen LogP contribution in [0.1, 0.15) is 36.5 Å². The molecule has 26 heavy (non-hydrogen) atoms. The largest absolute Gasteiger partial charge is 0.348 e. The number of carbonyl (C=O) groups excluding carboxylic acids is 1. The quantitative estimate of drug-likeness (QED) is 0.813. The zero-order valence-corrected chi connectivity index (χ0v) is 16.4. The van der Waals surface area contributed by atoms with Gasteiger partial charge >= 0.3 is 0 Å². The summed E-state index contributed by atoms with van der Waals surface area (Å²) in [6, 6.07) is 5.52. The number of carbonyl (C=O) groups is 1. The van der Waals surface area contributed by atoms with E-state index in [0.717, 1.165) is 12.8 Å². The van der Waals surface area contributed by atoms with Crippen molar-refractivity contribution < 1.29 is 21.6 Å². The van der Waals surface area contributed by atoms with Crippen LogP contribution in [0.25, 0.3) is 0 Å². The van der Waals surface area contributed by atoms with Crippen LogP contribution in [0.4, 0.5) is 0 Å². The summed E-state index contributed by atoms with van der Waals surface area (Å²) >= 11 is 0. The van der Waals surface area contributed by atoms with Gasteiger partial charge in [-0.2, -0.15) is 4.31 Å². The third-order valence-electron chi connectivity index (χ3n) is 5.04. The molecule has 0 aromatic heterocycles. The van der Waals surface area contributed by atoms with Gasteiger partial charge in [0.1, 0.15) is 0 Å². The second-order valence-corrected chi connectivity index (χ2v) is 11.4. The van der Waals surface area contributed by atoms with Gasteiger partial charge in [-0.3, -0.25) is 4.79 Å². The van der Waals surface area contributed by atoms with Crippen LogP contribution in [-0.2, 0) is 19.9 Å². The molecule has 9 heteroatoms. The summed E-state index contributed by atoms with van der Waals surface area (Å²) in [7, 11) is -6.72. The summed E-state index contributed by atoms with van der Waals surface area (Å²) in [6.07, 6.45) is 2.04. The first-order valence-electron chi connectivity index (χ1n) is 8.79. The van der Waals surface area contributed by atoms with Crippen LogP contribution in [0.5, 0.6) is 0 Å². The second-order valence-electron chi connectivity index (χ2n) is 7.19. The first-order valence-corrected chi connectivity index (χ1v) is 12.0. The average molecular weight is 401 g/mol. The Morgan fingerprint density at radius 3 is 2.50 bits per heavy atom. The molecule has 3 rings (SSSR count). The van der Waals surface area contributed by atoms with E-state index >= 15 is 0 Å². The molecule has 2 saturated heterocycles. The lowest BCUT2D eigenvalue weighted by atomic mass is 10.0. The maximum absolute atomic E-state index is 12.8. The Labute approximate surface area is 154 Å². The van der Waals surface area contributed by atoms with Crippen LogP contribution < -0.4 is 5.32 Å². The third kappa shape index (κ3) is 4.27. The molecule has 1 amide bonds. The number of nitrogens with zero attached hydrogens (tertiary/aromatic N) is 1. The fraction of sp³-hybridized carbons (Fsp3) is 0.588. The number of hydrogen-bond donors (Lipinski definition) is 1. The Kier molecular flexibility index (Phi) is 5.41. The van der Waals surface area contributed by atoms with Crippen LogP contribution >= 0.6 is 0 Å². The van der Waals surface area contributed by atoms with E-state index < -0.39 is 31.8 Å². The first kappa shape index (κ1) is 19.3. The first-order chi connectivity index (χ1) is 12.2. The van der Waals surface area contributed by atoms with E-state index in [1.54, 1.807) is 6.07 Å². The fourth-order valence-electron chi connectivity index (χ4n) is 3.35. The number of benzene rings is 1. The van der Waals surface area contributed by atoms with Gasteiger partial charge in [0.25, 0.3) is 5.91 Å². The summed E-state index contributed by atoms with van der Waals surface area (Å²) in [5, 5.41) is 2.69. The van der Waals surface area contributed by atoms with Gasteiger partial charge in [0.2, 0.25) is 10.0 Å². The molecule has 0 unspecified atom stereocenters. The molecule has 1 atom stereocenters. The van der Waals surface area contributed by atoms with E-state index in [1.807, 2.05) is 0 Å². The van der Waals surface area contributed by atoms with Crippen LogP contribution in [0, 0.1) is 5.92 Å². The van der Waals surface area contributed by atoms with Gasteiger partial charge in [0.15, 0.2) is 9.84 Å². The van der Waals surface area contributed by atoms with Gasteiger partial charge in [-0.1, -0.05) is 13.0 Å². The summed E-state index contributed by atoms with van der Waals surface area (Å²) in [5.74, 6) is 0.0697. The molecule has 2 heterocycles. The molecule has 1 aromatic carbocycles. The highest BCUT2D eigenvalue weighted by Gasteiger charge is 2.30. The number of amides is 1. The van der Waals surface area contributed by atoms with Gasteiger partial charge < -0.3 is 5.32 Å². The fourth-order valence-corrected chi connectivity index (χ4v) is 6.54. The maximum atomic E-state index is 12.8. The molecule has 0 saturated carbocycles. The molecule has 0 aliphatic carbocycles. The second kappa shape index (κ2) is 7.28. The van der Waals surface area contributed by atoms with Gasteiger partial charge in [-0.05, 0) is 43.4 Å². The summed E-state index contributed by atoms with van der Waals surface area (Å²) in [6.45, 7) is 3.08. The highest BCUT2D eigenvalue weighted by Crippen LogP contribution is 2.24. The van der Waals surface area contributed by atoms with Crippen molar-refractivity contribution in [2.24, 2.45) is 5.92 Å². The monoisotopic (exact) mass is 400 g/mol. The standard InChI is InChI=1S/C17H24N2O5S2/c1-13-5-8-19(9-6-13)26(23,24)16-4-2-3-14(11-16)17(20)18-15-7-10-25(21,22)12-15/h2-4,11,13,15H,5-10,12H2,1H3,(H,18,20)/t15-/m0/s1. The molecule has 0 bridgehead atoms. The molecule has 1 aromatic rings. The van der Waals surface area contributed by atoms with Crippen molar-refractivity contribution in [1.29, 1.82) is 0 Å². The Bertz CT molecular complexity index is 887. The van der Waals surface area contributed by atoms with Crippen LogP contribution in [-0.4, -0.2) is 57.7 Å². The third-order valence-corrected chi connectivity index (χ3v) is 8.71. The van der Waals surface area contributed by atoms with Crippen molar-refractivity contribution >= 4 is 25.8 Å². The summed E-state index contributed by atoms with van der Waals surface area (Å²) < 4.78 is 50.1. The van der Waals surface area contributed by atoms with E-state index in [2.05, 4.69) is 12.2 Å². The van der Waals surface area contributed by atoms with E-state index in [1.165, 1.54) is 22.5 Å².